The van der Waals surface area contributed by atoms with Gasteiger partial charge in [0.1, 0.15) is 12.4 Å². The summed E-state index contributed by atoms with van der Waals surface area (Å²) in [4.78, 5) is 12.3. The molecule has 1 aromatic carbocycles. The van der Waals surface area contributed by atoms with Gasteiger partial charge in [-0.15, -0.1) is 5.10 Å². The van der Waals surface area contributed by atoms with Gasteiger partial charge >= 0.3 is 5.76 Å². The van der Waals surface area contributed by atoms with Gasteiger partial charge in [-0.05, 0) is 29.7 Å². The fraction of sp³-hybridized carbons (Fsp3) is 0.167. The number of nitrogens with zero attached hydrogens (tertiary/aromatic N) is 4. The number of hydrogen-bond acceptors (Lipinski definition) is 9. The van der Waals surface area contributed by atoms with Crippen LogP contribution < -0.4 is 5.76 Å². The second-order valence-corrected chi connectivity index (χ2v) is 7.61. The first-order valence-electron chi connectivity index (χ1n) is 6.46. The average molecular weight is 407 g/mol. The Kier molecular flexibility index (Phi) is 4.69. The molecule has 0 bridgehead atoms. The van der Waals surface area contributed by atoms with E-state index in [1.54, 1.807) is 0 Å². The molecule has 0 aliphatic heterocycles. The summed E-state index contributed by atoms with van der Waals surface area (Å²) in [6.45, 7) is -0.336. The van der Waals surface area contributed by atoms with Crippen molar-refractivity contribution in [3.63, 3.8) is 0 Å². The summed E-state index contributed by atoms with van der Waals surface area (Å²) in [7, 11) is -3.69. The number of aromatic nitrogens is 4. The van der Waals surface area contributed by atoms with Crippen LogP contribution in [0.25, 0.3) is 17.2 Å². The van der Waals surface area contributed by atoms with E-state index in [1.165, 1.54) is 12.1 Å². The molecule has 2 aromatic heterocycles. The number of rotatable bonds is 5. The standard InChI is InChI=1S/C12H8ClFN4O5S2/c1-25(20,21)22-5-9-10(15-17-24-9)11-16-23-12(19)18(11)6-2-3-8(14)7(13)4-6/h2-4H,5H2,1H3. The SMILES string of the molecule is CS(=O)(=O)OCc1snnc1-c1noc(=O)n1-c1ccc(F)c(Cl)c1. The van der Waals surface area contributed by atoms with Crippen molar-refractivity contribution < 1.29 is 21.5 Å². The van der Waals surface area contributed by atoms with E-state index in [0.717, 1.165) is 28.4 Å². The molecule has 0 spiro atoms. The Morgan fingerprint density at radius 1 is 1.44 bits per heavy atom. The highest BCUT2D eigenvalue weighted by molar-refractivity contribution is 7.85. The van der Waals surface area contributed by atoms with Gasteiger partial charge in [0.15, 0.2) is 5.69 Å². The highest BCUT2D eigenvalue weighted by Crippen LogP contribution is 2.26. The van der Waals surface area contributed by atoms with Gasteiger partial charge in [-0.1, -0.05) is 21.2 Å². The smallest absolute Gasteiger partial charge is 0.295 e. The molecular weight excluding hydrogens is 399 g/mol. The maximum absolute atomic E-state index is 13.3. The van der Waals surface area contributed by atoms with Crippen molar-refractivity contribution in [2.75, 3.05) is 6.26 Å². The topological polar surface area (TPSA) is 117 Å². The summed E-state index contributed by atoms with van der Waals surface area (Å²) >= 11 is 6.61. The predicted octanol–water partition coefficient (Wildman–Crippen LogP) is 1.61. The van der Waals surface area contributed by atoms with Gasteiger partial charge in [0.05, 0.1) is 21.8 Å². The van der Waals surface area contributed by atoms with Gasteiger partial charge in [0.2, 0.25) is 5.82 Å². The second kappa shape index (κ2) is 6.63. The van der Waals surface area contributed by atoms with Crippen molar-refractivity contribution >= 4 is 33.3 Å². The van der Waals surface area contributed by atoms with Gasteiger partial charge in [-0.2, -0.15) is 8.42 Å². The predicted molar refractivity (Wildman–Crippen MR) is 85.6 cm³/mol. The van der Waals surface area contributed by atoms with E-state index < -0.39 is 21.7 Å². The Bertz CT molecular complexity index is 1090. The maximum Gasteiger partial charge on any atom is 0.446 e. The third-order valence-corrected chi connectivity index (χ3v) is 4.47. The maximum atomic E-state index is 13.3. The highest BCUT2D eigenvalue weighted by Gasteiger charge is 2.22. The fourth-order valence-corrected chi connectivity index (χ4v) is 3.02. The monoisotopic (exact) mass is 406 g/mol. The zero-order chi connectivity index (χ0) is 18.2. The first kappa shape index (κ1) is 17.7. The molecule has 0 aliphatic rings. The molecule has 0 unspecified atom stereocenters. The minimum atomic E-state index is -3.69. The lowest BCUT2D eigenvalue weighted by Gasteiger charge is -2.05. The van der Waals surface area contributed by atoms with Crippen molar-refractivity contribution in [1.82, 2.24) is 19.3 Å². The molecule has 3 aromatic rings. The molecular formula is C12H8ClFN4O5S2. The van der Waals surface area contributed by atoms with E-state index >= 15 is 0 Å². The van der Waals surface area contributed by atoms with E-state index in [4.69, 9.17) is 15.8 Å². The van der Waals surface area contributed by atoms with Crippen molar-refractivity contribution in [2.24, 2.45) is 0 Å². The first-order chi connectivity index (χ1) is 11.8. The van der Waals surface area contributed by atoms with Crippen LogP contribution in [0.1, 0.15) is 4.88 Å². The largest absolute Gasteiger partial charge is 0.446 e. The Morgan fingerprint density at radius 3 is 2.88 bits per heavy atom. The summed E-state index contributed by atoms with van der Waals surface area (Å²) < 4.78 is 49.7. The molecule has 0 saturated heterocycles. The van der Waals surface area contributed by atoms with Gasteiger partial charge in [0.25, 0.3) is 10.1 Å². The first-order valence-corrected chi connectivity index (χ1v) is 9.43. The van der Waals surface area contributed by atoms with Crippen molar-refractivity contribution in [1.29, 1.82) is 0 Å². The van der Waals surface area contributed by atoms with E-state index in [-0.39, 0.29) is 28.8 Å². The van der Waals surface area contributed by atoms with Crippen molar-refractivity contribution in [2.45, 2.75) is 6.61 Å². The molecule has 0 amide bonds. The number of halogens is 2. The van der Waals surface area contributed by atoms with Crippen LogP contribution in [0.5, 0.6) is 0 Å². The molecule has 0 radical (unpaired) electrons. The molecule has 9 nitrogen and oxygen atoms in total. The molecule has 0 N–H and O–H groups in total. The summed E-state index contributed by atoms with van der Waals surface area (Å²) in [6, 6.07) is 3.59. The molecule has 0 aliphatic carbocycles. The molecule has 0 atom stereocenters. The van der Waals surface area contributed by atoms with Crippen molar-refractivity contribution in [3.8, 4) is 17.2 Å². The summed E-state index contributed by atoms with van der Waals surface area (Å²) in [5.41, 5.74) is 0.288. The van der Waals surface area contributed by atoms with Gasteiger partial charge in [-0.3, -0.25) is 8.71 Å². The van der Waals surface area contributed by atoms with Crippen molar-refractivity contribution in [3.05, 3.63) is 44.5 Å². The summed E-state index contributed by atoms with van der Waals surface area (Å²) in [5, 5.41) is 7.26. The van der Waals surface area contributed by atoms with Crippen LogP contribution >= 0.6 is 23.1 Å². The average Bonchev–Trinajstić information content (AvgIpc) is 3.13. The van der Waals surface area contributed by atoms with E-state index in [1.807, 2.05) is 0 Å². The molecule has 3 rings (SSSR count). The Hall–Kier alpha value is -2.15. The quantitative estimate of drug-likeness (QED) is 0.586. The Balaban J connectivity index is 2.07. The summed E-state index contributed by atoms with van der Waals surface area (Å²) in [5.74, 6) is -1.57. The van der Waals surface area contributed by atoms with Crippen LogP contribution in [0, 0.1) is 5.82 Å². The second-order valence-electron chi connectivity index (χ2n) is 4.72. The Labute approximate surface area is 148 Å². The zero-order valence-corrected chi connectivity index (χ0v) is 14.7. The third-order valence-electron chi connectivity index (χ3n) is 2.94. The van der Waals surface area contributed by atoms with E-state index in [2.05, 4.69) is 19.3 Å². The van der Waals surface area contributed by atoms with E-state index in [0.29, 0.717) is 4.88 Å². The lowest BCUT2D eigenvalue weighted by Crippen LogP contribution is -2.14. The van der Waals surface area contributed by atoms with Crippen LogP contribution in [-0.2, 0) is 20.9 Å². The van der Waals surface area contributed by atoms with Crippen LogP contribution in [0.15, 0.2) is 27.5 Å². The van der Waals surface area contributed by atoms with Gasteiger partial charge in [-0.25, -0.2) is 13.8 Å². The zero-order valence-electron chi connectivity index (χ0n) is 12.3. The lowest BCUT2D eigenvalue weighted by molar-refractivity contribution is 0.315. The minimum Gasteiger partial charge on any atom is -0.295 e. The molecule has 132 valence electrons. The fourth-order valence-electron chi connectivity index (χ4n) is 1.89. The molecule has 13 heteroatoms. The Morgan fingerprint density at radius 2 is 2.20 bits per heavy atom. The lowest BCUT2D eigenvalue weighted by atomic mass is 10.3. The van der Waals surface area contributed by atoms with E-state index in [9.17, 15) is 17.6 Å². The number of benzene rings is 1. The number of hydrogen-bond donors (Lipinski definition) is 0. The molecule has 25 heavy (non-hydrogen) atoms. The third kappa shape index (κ3) is 3.76. The van der Waals surface area contributed by atoms with Crippen LogP contribution in [0.2, 0.25) is 5.02 Å². The summed E-state index contributed by atoms with van der Waals surface area (Å²) in [6.07, 6.45) is 0.897. The highest BCUT2D eigenvalue weighted by atomic mass is 35.5. The molecule has 0 fully saturated rings. The van der Waals surface area contributed by atoms with Crippen LogP contribution in [-0.4, -0.2) is 34.0 Å². The van der Waals surface area contributed by atoms with Crippen LogP contribution in [0.4, 0.5) is 4.39 Å². The van der Waals surface area contributed by atoms with Gasteiger partial charge in [0, 0.05) is 0 Å². The minimum absolute atomic E-state index is 0.0477. The van der Waals surface area contributed by atoms with Gasteiger partial charge < -0.3 is 0 Å². The molecule has 0 saturated carbocycles. The van der Waals surface area contributed by atoms with Crippen LogP contribution in [0.3, 0.4) is 0 Å². The normalized spacial score (nSPS) is 11.8. The molecule has 2 heterocycles.